The molecule has 8 nitrogen and oxygen atoms in total. The number of methoxy groups -OCH3 is 1. The number of benzene rings is 2. The number of anilines is 1. The largest absolute Gasteiger partial charge is 0.493 e. The topological polar surface area (TPSA) is 98.9 Å². The van der Waals surface area contributed by atoms with Crippen molar-refractivity contribution in [1.29, 1.82) is 0 Å². The number of nitrogens with one attached hydrogen (secondary N) is 1. The Labute approximate surface area is 176 Å². The van der Waals surface area contributed by atoms with Crippen LogP contribution in [0.15, 0.2) is 59.8 Å². The lowest BCUT2D eigenvalue weighted by molar-refractivity contribution is -0.384. The molecule has 0 bridgehead atoms. The van der Waals surface area contributed by atoms with Gasteiger partial charge in [0.15, 0.2) is 11.5 Å². The van der Waals surface area contributed by atoms with E-state index >= 15 is 0 Å². The Hall–Kier alpha value is -3.72. The minimum absolute atomic E-state index is 0.00635. The molecular weight excluding hydrogens is 415 g/mol. The smallest absolute Gasteiger partial charge is 0.313 e. The number of aromatic nitrogens is 1. The van der Waals surface area contributed by atoms with Crippen molar-refractivity contribution in [2.45, 2.75) is 6.61 Å². The normalized spacial score (nSPS) is 10.8. The molecular formula is C20H16ClFN4O4. The second-order valence-corrected chi connectivity index (χ2v) is 6.36. The van der Waals surface area contributed by atoms with E-state index in [1.807, 2.05) is 0 Å². The number of ether oxygens (including phenoxy) is 2. The summed E-state index contributed by atoms with van der Waals surface area (Å²) in [5, 5.41) is 15.2. The third-order valence-electron chi connectivity index (χ3n) is 3.89. The summed E-state index contributed by atoms with van der Waals surface area (Å²) < 4.78 is 24.3. The maximum absolute atomic E-state index is 13.3. The van der Waals surface area contributed by atoms with Crippen molar-refractivity contribution < 1.29 is 18.8 Å². The van der Waals surface area contributed by atoms with Gasteiger partial charge in [0.1, 0.15) is 12.4 Å². The molecule has 1 heterocycles. The average molecular weight is 431 g/mol. The molecule has 0 atom stereocenters. The summed E-state index contributed by atoms with van der Waals surface area (Å²) in [4.78, 5) is 14.3. The molecule has 0 fully saturated rings. The second-order valence-electron chi connectivity index (χ2n) is 5.95. The zero-order valence-corrected chi connectivity index (χ0v) is 16.5. The van der Waals surface area contributed by atoms with Gasteiger partial charge in [-0.25, -0.2) is 9.37 Å². The summed E-state index contributed by atoms with van der Waals surface area (Å²) in [6.07, 6.45) is 2.82. The van der Waals surface area contributed by atoms with Crippen molar-refractivity contribution in [3.63, 3.8) is 0 Å². The van der Waals surface area contributed by atoms with E-state index in [-0.39, 0.29) is 29.0 Å². The summed E-state index contributed by atoms with van der Waals surface area (Å²) in [7, 11) is 1.46. The summed E-state index contributed by atoms with van der Waals surface area (Å²) in [6, 6.07) is 12.0. The van der Waals surface area contributed by atoms with Crippen LogP contribution in [-0.2, 0) is 6.61 Å². The lowest BCUT2D eigenvalue weighted by Gasteiger charge is -2.13. The van der Waals surface area contributed by atoms with E-state index in [9.17, 15) is 14.5 Å². The molecule has 30 heavy (non-hydrogen) atoms. The third-order valence-corrected chi connectivity index (χ3v) is 4.17. The van der Waals surface area contributed by atoms with Crippen molar-refractivity contribution in [3.8, 4) is 11.5 Å². The van der Waals surface area contributed by atoms with Gasteiger partial charge in [0.25, 0.3) is 0 Å². The first-order valence-corrected chi connectivity index (χ1v) is 8.99. The highest BCUT2D eigenvalue weighted by atomic mass is 35.5. The molecule has 2 aromatic carbocycles. The van der Waals surface area contributed by atoms with Gasteiger partial charge in [0.05, 0.1) is 23.3 Å². The fraction of sp³-hybridized carbons (Fsp3) is 0.100. The molecule has 0 unspecified atom stereocenters. The van der Waals surface area contributed by atoms with Gasteiger partial charge >= 0.3 is 5.69 Å². The molecule has 0 aliphatic rings. The van der Waals surface area contributed by atoms with Crippen LogP contribution in [0.1, 0.15) is 11.1 Å². The van der Waals surface area contributed by atoms with Gasteiger partial charge in [-0.3, -0.25) is 15.5 Å². The van der Waals surface area contributed by atoms with Crippen molar-refractivity contribution in [3.05, 3.63) is 86.8 Å². The average Bonchev–Trinajstić information content (AvgIpc) is 2.73. The quantitative estimate of drug-likeness (QED) is 0.312. The van der Waals surface area contributed by atoms with Gasteiger partial charge < -0.3 is 9.47 Å². The molecule has 0 spiro atoms. The molecule has 0 saturated heterocycles. The monoisotopic (exact) mass is 430 g/mol. The second kappa shape index (κ2) is 9.66. The zero-order valence-electron chi connectivity index (χ0n) is 15.7. The predicted octanol–water partition coefficient (Wildman–Crippen LogP) is 4.82. The predicted molar refractivity (Wildman–Crippen MR) is 111 cm³/mol. The van der Waals surface area contributed by atoms with Gasteiger partial charge in [-0.1, -0.05) is 23.7 Å². The van der Waals surface area contributed by atoms with E-state index in [0.29, 0.717) is 22.6 Å². The zero-order chi connectivity index (χ0) is 21.5. The molecule has 0 amide bonds. The van der Waals surface area contributed by atoms with Gasteiger partial charge in [-0.05, 0) is 41.5 Å². The molecule has 154 valence electrons. The molecule has 10 heteroatoms. The number of halogens is 2. The highest BCUT2D eigenvalue weighted by Gasteiger charge is 2.14. The van der Waals surface area contributed by atoms with Crippen molar-refractivity contribution >= 4 is 29.3 Å². The number of rotatable bonds is 8. The van der Waals surface area contributed by atoms with Crippen LogP contribution in [-0.4, -0.2) is 23.2 Å². The van der Waals surface area contributed by atoms with E-state index in [4.69, 9.17) is 21.1 Å². The van der Waals surface area contributed by atoms with Gasteiger partial charge in [0, 0.05) is 12.3 Å². The molecule has 0 aliphatic carbocycles. The van der Waals surface area contributed by atoms with Crippen LogP contribution in [0.4, 0.5) is 15.9 Å². The number of hydrogen-bond acceptors (Lipinski definition) is 7. The van der Waals surface area contributed by atoms with Crippen LogP contribution in [0.5, 0.6) is 11.5 Å². The molecule has 1 N–H and O–H groups in total. The van der Waals surface area contributed by atoms with Gasteiger partial charge in [-0.15, -0.1) is 0 Å². The van der Waals surface area contributed by atoms with E-state index in [1.54, 1.807) is 24.3 Å². The minimum atomic E-state index is -0.560. The van der Waals surface area contributed by atoms with Crippen LogP contribution in [0, 0.1) is 15.9 Å². The van der Waals surface area contributed by atoms with Crippen LogP contribution in [0.25, 0.3) is 0 Å². The molecule has 0 aliphatic heterocycles. The van der Waals surface area contributed by atoms with Gasteiger partial charge in [0.2, 0.25) is 5.82 Å². The fourth-order valence-corrected chi connectivity index (χ4v) is 2.81. The summed E-state index contributed by atoms with van der Waals surface area (Å²) in [6.45, 7) is 0.103. The first kappa shape index (κ1) is 21.0. The third kappa shape index (κ3) is 5.21. The van der Waals surface area contributed by atoms with E-state index in [1.165, 1.54) is 43.8 Å². The summed E-state index contributed by atoms with van der Waals surface area (Å²) in [5.41, 5.74) is 3.53. The van der Waals surface area contributed by atoms with Gasteiger partial charge in [-0.2, -0.15) is 5.10 Å². The van der Waals surface area contributed by atoms with E-state index < -0.39 is 4.92 Å². The maximum atomic E-state index is 13.3. The lowest BCUT2D eigenvalue weighted by atomic mass is 10.2. The van der Waals surface area contributed by atoms with Crippen molar-refractivity contribution in [1.82, 2.24) is 4.98 Å². The SMILES string of the molecule is COc1cc(/C=N\Nc2ncccc2[N+](=O)[O-])cc(Cl)c1OCc1cccc(F)c1. The first-order valence-electron chi connectivity index (χ1n) is 8.61. The molecule has 0 radical (unpaired) electrons. The number of pyridine rings is 1. The standard InChI is InChI=1S/C20H16ClFN4O4/c1-29-18-10-14(11-24-25-20-17(26(27)28)6-3-7-23-20)9-16(21)19(18)30-12-13-4-2-5-15(22)8-13/h2-11H,12H2,1H3,(H,23,25)/b24-11-. The fourth-order valence-electron chi connectivity index (χ4n) is 2.53. The Balaban J connectivity index is 1.75. The van der Waals surface area contributed by atoms with E-state index in [2.05, 4.69) is 15.5 Å². The lowest BCUT2D eigenvalue weighted by Crippen LogP contribution is -2.01. The maximum Gasteiger partial charge on any atom is 0.313 e. The van der Waals surface area contributed by atoms with Crippen LogP contribution >= 0.6 is 11.6 Å². The first-order chi connectivity index (χ1) is 14.5. The van der Waals surface area contributed by atoms with Crippen LogP contribution in [0.2, 0.25) is 5.02 Å². The molecule has 0 saturated carbocycles. The number of hydrazone groups is 1. The van der Waals surface area contributed by atoms with Crippen LogP contribution in [0.3, 0.4) is 0 Å². The van der Waals surface area contributed by atoms with Crippen molar-refractivity contribution in [2.24, 2.45) is 5.10 Å². The van der Waals surface area contributed by atoms with Crippen LogP contribution < -0.4 is 14.9 Å². The summed E-state index contributed by atoms with van der Waals surface area (Å²) >= 11 is 6.31. The number of nitrogens with zero attached hydrogens (tertiary/aromatic N) is 3. The minimum Gasteiger partial charge on any atom is -0.493 e. The molecule has 1 aromatic heterocycles. The number of hydrogen-bond donors (Lipinski definition) is 1. The summed E-state index contributed by atoms with van der Waals surface area (Å²) in [5.74, 6) is 0.297. The highest BCUT2D eigenvalue weighted by Crippen LogP contribution is 2.36. The Morgan fingerprint density at radius 3 is 2.87 bits per heavy atom. The van der Waals surface area contributed by atoms with Crippen molar-refractivity contribution in [2.75, 3.05) is 12.5 Å². The molecule has 3 aromatic rings. The Morgan fingerprint density at radius 1 is 1.30 bits per heavy atom. The Morgan fingerprint density at radius 2 is 2.13 bits per heavy atom. The highest BCUT2D eigenvalue weighted by molar-refractivity contribution is 6.32. The van der Waals surface area contributed by atoms with E-state index in [0.717, 1.165) is 0 Å². The Kier molecular flexibility index (Phi) is 6.76. The molecule has 3 rings (SSSR count). The number of nitro groups is 1. The Bertz CT molecular complexity index is 1090.